The summed E-state index contributed by atoms with van der Waals surface area (Å²) < 4.78 is 0. The molecule has 64 valence electrons. The topological polar surface area (TPSA) is 43.1 Å². The van der Waals surface area contributed by atoms with Gasteiger partial charge in [0, 0.05) is 11.3 Å². The van der Waals surface area contributed by atoms with E-state index in [1.165, 1.54) is 0 Å². The molecule has 0 spiro atoms. The van der Waals surface area contributed by atoms with Crippen molar-refractivity contribution >= 4 is 0 Å². The van der Waals surface area contributed by atoms with E-state index in [2.05, 4.69) is 6.58 Å². The van der Waals surface area contributed by atoms with Crippen LogP contribution in [0.25, 0.3) is 0 Å². The molecule has 0 fully saturated rings. The molecular formula is C8H15NO2. The number of rotatable bonds is 7. The lowest BCUT2D eigenvalue weighted by molar-refractivity contribution is -0.480. The molecule has 3 heteroatoms. The lowest BCUT2D eigenvalue weighted by Gasteiger charge is -1.94. The quantitative estimate of drug-likeness (QED) is 0.246. The molecule has 0 aromatic carbocycles. The zero-order valence-electron chi connectivity index (χ0n) is 6.79. The Hall–Kier alpha value is -0.860. The standard InChI is InChI=1S/C8H15NO2/c1-2-3-4-5-6-7-8-9(10)11/h2H,1,3-8H2. The van der Waals surface area contributed by atoms with Crippen LogP contribution in [0.4, 0.5) is 0 Å². The Kier molecular flexibility index (Phi) is 6.68. The number of nitrogens with zero attached hydrogens (tertiary/aromatic N) is 1. The maximum absolute atomic E-state index is 9.88. The first-order chi connectivity index (χ1) is 5.27. The molecule has 0 unspecified atom stereocenters. The second kappa shape index (κ2) is 7.25. The van der Waals surface area contributed by atoms with Gasteiger partial charge in [-0.05, 0) is 19.3 Å². The number of hydrogen-bond donors (Lipinski definition) is 0. The molecule has 3 nitrogen and oxygen atoms in total. The first-order valence-corrected chi connectivity index (χ1v) is 4.00. The summed E-state index contributed by atoms with van der Waals surface area (Å²) in [6, 6.07) is 0. The van der Waals surface area contributed by atoms with Crippen molar-refractivity contribution in [3.05, 3.63) is 22.8 Å². The summed E-state index contributed by atoms with van der Waals surface area (Å²) in [5, 5.41) is 9.88. The van der Waals surface area contributed by atoms with E-state index >= 15 is 0 Å². The van der Waals surface area contributed by atoms with Crippen molar-refractivity contribution in [2.45, 2.75) is 32.1 Å². The van der Waals surface area contributed by atoms with E-state index in [-0.39, 0.29) is 11.5 Å². The molecule has 0 amide bonds. The average Bonchev–Trinajstić information content (AvgIpc) is 1.96. The summed E-state index contributed by atoms with van der Waals surface area (Å²) in [5.41, 5.74) is 0. The van der Waals surface area contributed by atoms with Gasteiger partial charge >= 0.3 is 0 Å². The van der Waals surface area contributed by atoms with Crippen molar-refractivity contribution < 1.29 is 4.92 Å². The highest BCUT2D eigenvalue weighted by Crippen LogP contribution is 2.02. The number of unbranched alkanes of at least 4 members (excludes halogenated alkanes) is 4. The Morgan fingerprint density at radius 2 is 1.91 bits per heavy atom. The Bertz CT molecular complexity index is 123. The molecule has 0 aliphatic heterocycles. The highest BCUT2D eigenvalue weighted by molar-refractivity contribution is 4.65. The highest BCUT2D eigenvalue weighted by Gasteiger charge is 1.95. The van der Waals surface area contributed by atoms with E-state index in [1.54, 1.807) is 0 Å². The van der Waals surface area contributed by atoms with Crippen molar-refractivity contribution in [2.24, 2.45) is 0 Å². The second-order valence-corrected chi connectivity index (χ2v) is 2.55. The van der Waals surface area contributed by atoms with Gasteiger partial charge in [0.2, 0.25) is 6.54 Å². The van der Waals surface area contributed by atoms with E-state index in [0.29, 0.717) is 6.42 Å². The molecule has 0 saturated heterocycles. The van der Waals surface area contributed by atoms with Gasteiger partial charge < -0.3 is 0 Å². The number of nitro groups is 1. The molecule has 0 aliphatic carbocycles. The van der Waals surface area contributed by atoms with Gasteiger partial charge in [-0.2, -0.15) is 0 Å². The smallest absolute Gasteiger partial charge is 0.203 e. The fourth-order valence-corrected chi connectivity index (χ4v) is 0.883. The van der Waals surface area contributed by atoms with Gasteiger partial charge in [-0.25, -0.2) is 0 Å². The summed E-state index contributed by atoms with van der Waals surface area (Å²) >= 11 is 0. The first-order valence-electron chi connectivity index (χ1n) is 4.00. The van der Waals surface area contributed by atoms with E-state index in [1.807, 2.05) is 6.08 Å². The molecule has 11 heavy (non-hydrogen) atoms. The van der Waals surface area contributed by atoms with Gasteiger partial charge in [-0.3, -0.25) is 10.1 Å². The van der Waals surface area contributed by atoms with E-state index in [0.717, 1.165) is 25.7 Å². The minimum Gasteiger partial charge on any atom is -0.265 e. The molecule has 0 radical (unpaired) electrons. The Balaban J connectivity index is 2.90. The molecule has 0 aromatic rings. The number of allylic oxidation sites excluding steroid dienone is 1. The van der Waals surface area contributed by atoms with Crippen LogP contribution < -0.4 is 0 Å². The summed E-state index contributed by atoms with van der Waals surface area (Å²) in [4.78, 5) is 9.62. The predicted molar refractivity (Wildman–Crippen MR) is 45.1 cm³/mol. The summed E-state index contributed by atoms with van der Waals surface area (Å²) in [5.74, 6) is 0. The SMILES string of the molecule is C=CCCCCCC[N+](=O)[O-]. The van der Waals surface area contributed by atoms with E-state index < -0.39 is 0 Å². The summed E-state index contributed by atoms with van der Waals surface area (Å²) in [6.45, 7) is 3.72. The van der Waals surface area contributed by atoms with Crippen LogP contribution in [0.1, 0.15) is 32.1 Å². The maximum Gasteiger partial charge on any atom is 0.203 e. The Morgan fingerprint density at radius 1 is 1.27 bits per heavy atom. The van der Waals surface area contributed by atoms with Gasteiger partial charge in [0.25, 0.3) is 0 Å². The van der Waals surface area contributed by atoms with E-state index in [4.69, 9.17) is 0 Å². The first kappa shape index (κ1) is 10.1. The van der Waals surface area contributed by atoms with Crippen molar-refractivity contribution in [2.75, 3.05) is 6.54 Å². The van der Waals surface area contributed by atoms with Gasteiger partial charge in [0.1, 0.15) is 0 Å². The van der Waals surface area contributed by atoms with Crippen LogP contribution in [0.3, 0.4) is 0 Å². The van der Waals surface area contributed by atoms with Crippen LogP contribution in [-0.2, 0) is 0 Å². The van der Waals surface area contributed by atoms with Gasteiger partial charge in [0.05, 0.1) is 0 Å². The Morgan fingerprint density at radius 3 is 2.45 bits per heavy atom. The zero-order chi connectivity index (χ0) is 8.53. The van der Waals surface area contributed by atoms with Crippen LogP contribution >= 0.6 is 0 Å². The third kappa shape index (κ3) is 9.14. The fourth-order valence-electron chi connectivity index (χ4n) is 0.883. The molecule has 0 heterocycles. The normalized spacial score (nSPS) is 9.45. The van der Waals surface area contributed by atoms with Crippen molar-refractivity contribution in [3.63, 3.8) is 0 Å². The third-order valence-electron chi connectivity index (χ3n) is 1.50. The van der Waals surface area contributed by atoms with Crippen LogP contribution in [0.2, 0.25) is 0 Å². The molecule has 0 atom stereocenters. The summed E-state index contributed by atoms with van der Waals surface area (Å²) in [7, 11) is 0. The van der Waals surface area contributed by atoms with Gasteiger partial charge in [-0.15, -0.1) is 6.58 Å². The van der Waals surface area contributed by atoms with Gasteiger partial charge in [-0.1, -0.05) is 12.5 Å². The van der Waals surface area contributed by atoms with Gasteiger partial charge in [0.15, 0.2) is 0 Å². The Labute approximate surface area is 67.3 Å². The van der Waals surface area contributed by atoms with Crippen molar-refractivity contribution in [3.8, 4) is 0 Å². The molecule has 0 saturated carbocycles. The monoisotopic (exact) mass is 157 g/mol. The lowest BCUT2D eigenvalue weighted by Crippen LogP contribution is -1.99. The van der Waals surface area contributed by atoms with Crippen LogP contribution in [0.15, 0.2) is 12.7 Å². The molecule has 0 rings (SSSR count). The maximum atomic E-state index is 9.88. The zero-order valence-corrected chi connectivity index (χ0v) is 6.79. The average molecular weight is 157 g/mol. The lowest BCUT2D eigenvalue weighted by atomic mass is 10.1. The minimum atomic E-state index is -0.256. The van der Waals surface area contributed by atoms with Crippen LogP contribution in [-0.4, -0.2) is 11.5 Å². The molecule has 0 N–H and O–H groups in total. The molecule has 0 aliphatic rings. The highest BCUT2D eigenvalue weighted by atomic mass is 16.6. The van der Waals surface area contributed by atoms with E-state index in [9.17, 15) is 10.1 Å². The molecule has 0 aromatic heterocycles. The van der Waals surface area contributed by atoms with Crippen LogP contribution in [0, 0.1) is 10.1 Å². The number of hydrogen-bond acceptors (Lipinski definition) is 2. The second-order valence-electron chi connectivity index (χ2n) is 2.55. The summed E-state index contributed by atoms with van der Waals surface area (Å²) in [6.07, 6.45) is 6.78. The predicted octanol–water partition coefficient (Wildman–Crippen LogP) is 2.40. The van der Waals surface area contributed by atoms with Crippen molar-refractivity contribution in [1.82, 2.24) is 0 Å². The third-order valence-corrected chi connectivity index (χ3v) is 1.50. The van der Waals surface area contributed by atoms with Crippen LogP contribution in [0.5, 0.6) is 0 Å². The molecule has 0 bridgehead atoms. The largest absolute Gasteiger partial charge is 0.265 e. The van der Waals surface area contributed by atoms with Crippen molar-refractivity contribution in [1.29, 1.82) is 0 Å². The molecular weight excluding hydrogens is 142 g/mol. The minimum absolute atomic E-state index is 0.119. The fraction of sp³-hybridized carbons (Fsp3) is 0.750.